The van der Waals surface area contributed by atoms with E-state index in [9.17, 15) is 0 Å². The van der Waals surface area contributed by atoms with Gasteiger partial charge in [-0.15, -0.1) is 0 Å². The Bertz CT molecular complexity index is 616. The van der Waals surface area contributed by atoms with Crippen LogP contribution < -0.4 is 16.2 Å². The standard InChI is InChI=1S/C19H27N3O/c20-19(21)22-14-7-3-1-2-4-8-15-23-18-13-9-11-16-10-5-6-12-17(16)18/h5-6,9-13H,1-4,7-8,14-15H2,(H4,20,21,22). The Balaban J connectivity index is 1.58. The van der Waals surface area contributed by atoms with E-state index >= 15 is 0 Å². The topological polar surface area (TPSA) is 73.6 Å². The van der Waals surface area contributed by atoms with E-state index in [1.165, 1.54) is 36.5 Å². The largest absolute Gasteiger partial charge is 0.493 e. The third-order valence-corrected chi connectivity index (χ3v) is 3.85. The average Bonchev–Trinajstić information content (AvgIpc) is 2.56. The highest BCUT2D eigenvalue weighted by molar-refractivity contribution is 5.88. The van der Waals surface area contributed by atoms with Crippen LogP contribution in [0.15, 0.2) is 47.5 Å². The van der Waals surface area contributed by atoms with Crippen LogP contribution in [0.4, 0.5) is 0 Å². The summed E-state index contributed by atoms with van der Waals surface area (Å²) in [6.45, 7) is 1.52. The number of nitrogens with two attached hydrogens (primary N) is 2. The maximum Gasteiger partial charge on any atom is 0.185 e. The molecule has 0 atom stereocenters. The Morgan fingerprint density at radius 2 is 1.52 bits per heavy atom. The van der Waals surface area contributed by atoms with E-state index in [1.807, 2.05) is 12.1 Å². The first-order valence-electron chi connectivity index (χ1n) is 8.43. The predicted octanol–water partition coefficient (Wildman–Crippen LogP) is 3.83. The molecule has 2 aromatic carbocycles. The summed E-state index contributed by atoms with van der Waals surface area (Å²) in [5.74, 6) is 1.18. The van der Waals surface area contributed by atoms with Crippen LogP contribution in [0, 0.1) is 0 Å². The molecule has 4 nitrogen and oxygen atoms in total. The van der Waals surface area contributed by atoms with Gasteiger partial charge in [0.2, 0.25) is 0 Å². The van der Waals surface area contributed by atoms with E-state index in [0.717, 1.165) is 31.7 Å². The molecule has 0 bridgehead atoms. The highest BCUT2D eigenvalue weighted by Gasteiger charge is 2.00. The van der Waals surface area contributed by atoms with Crippen molar-refractivity contribution in [2.24, 2.45) is 16.5 Å². The zero-order valence-electron chi connectivity index (χ0n) is 13.7. The molecule has 4 heteroatoms. The fraction of sp³-hybridized carbons (Fsp3) is 0.421. The second-order valence-corrected chi connectivity index (χ2v) is 5.75. The van der Waals surface area contributed by atoms with Gasteiger partial charge in [-0.1, -0.05) is 62.1 Å². The summed E-state index contributed by atoms with van der Waals surface area (Å²) >= 11 is 0. The van der Waals surface area contributed by atoms with Crippen molar-refractivity contribution < 1.29 is 4.74 Å². The van der Waals surface area contributed by atoms with Crippen LogP contribution in [0.2, 0.25) is 0 Å². The number of aliphatic imine (C=N–C) groups is 1. The number of ether oxygens (including phenoxy) is 1. The molecule has 4 N–H and O–H groups in total. The first-order valence-corrected chi connectivity index (χ1v) is 8.43. The maximum absolute atomic E-state index is 5.95. The molecule has 124 valence electrons. The number of nitrogens with zero attached hydrogens (tertiary/aromatic N) is 1. The van der Waals surface area contributed by atoms with Crippen LogP contribution in [0.25, 0.3) is 10.8 Å². The number of unbranched alkanes of at least 4 members (excludes halogenated alkanes) is 5. The predicted molar refractivity (Wildman–Crippen MR) is 97.8 cm³/mol. The number of hydrogen-bond donors (Lipinski definition) is 2. The third-order valence-electron chi connectivity index (χ3n) is 3.85. The van der Waals surface area contributed by atoms with Gasteiger partial charge in [0.1, 0.15) is 5.75 Å². The van der Waals surface area contributed by atoms with E-state index in [2.05, 4.69) is 35.3 Å². The molecule has 0 aliphatic rings. The van der Waals surface area contributed by atoms with E-state index in [4.69, 9.17) is 16.2 Å². The Kier molecular flexibility index (Phi) is 7.24. The smallest absolute Gasteiger partial charge is 0.185 e. The van der Waals surface area contributed by atoms with Crippen LogP contribution in [0.1, 0.15) is 38.5 Å². The molecule has 0 saturated heterocycles. The van der Waals surface area contributed by atoms with Gasteiger partial charge in [-0.2, -0.15) is 0 Å². The number of rotatable bonds is 10. The van der Waals surface area contributed by atoms with Crippen molar-refractivity contribution >= 4 is 16.7 Å². The number of hydrogen-bond acceptors (Lipinski definition) is 2. The molecule has 0 spiro atoms. The molecule has 0 aliphatic heterocycles. The van der Waals surface area contributed by atoms with Crippen LogP contribution in [-0.4, -0.2) is 19.1 Å². The van der Waals surface area contributed by atoms with Gasteiger partial charge in [-0.3, -0.25) is 4.99 Å². The van der Waals surface area contributed by atoms with Gasteiger partial charge >= 0.3 is 0 Å². The Labute approximate surface area is 138 Å². The Morgan fingerprint density at radius 3 is 2.35 bits per heavy atom. The summed E-state index contributed by atoms with van der Waals surface area (Å²) in [6.07, 6.45) is 7.00. The van der Waals surface area contributed by atoms with E-state index in [0.29, 0.717) is 0 Å². The van der Waals surface area contributed by atoms with Gasteiger partial charge in [0.15, 0.2) is 5.96 Å². The van der Waals surface area contributed by atoms with Crippen molar-refractivity contribution in [3.63, 3.8) is 0 Å². The van der Waals surface area contributed by atoms with Gasteiger partial charge in [0.25, 0.3) is 0 Å². The SMILES string of the molecule is NC(N)=NCCCCCCCCOc1cccc2ccccc12. The lowest BCUT2D eigenvalue weighted by Gasteiger charge is -2.09. The van der Waals surface area contributed by atoms with E-state index in [1.54, 1.807) is 0 Å². The monoisotopic (exact) mass is 313 g/mol. The summed E-state index contributed by atoms with van der Waals surface area (Å²) in [6, 6.07) is 14.5. The van der Waals surface area contributed by atoms with Crippen molar-refractivity contribution in [2.75, 3.05) is 13.2 Å². The van der Waals surface area contributed by atoms with Gasteiger partial charge in [0, 0.05) is 11.9 Å². The third kappa shape index (κ3) is 6.19. The maximum atomic E-state index is 5.95. The van der Waals surface area contributed by atoms with Gasteiger partial charge in [-0.05, 0) is 24.3 Å². The second kappa shape index (κ2) is 9.72. The highest BCUT2D eigenvalue weighted by Crippen LogP contribution is 2.25. The van der Waals surface area contributed by atoms with Crippen LogP contribution in [0.3, 0.4) is 0 Å². The molecule has 0 unspecified atom stereocenters. The fourth-order valence-corrected chi connectivity index (χ4v) is 2.63. The first kappa shape index (κ1) is 17.1. The quantitative estimate of drug-likeness (QED) is 0.398. The first-order chi connectivity index (χ1) is 11.3. The molecule has 0 aliphatic carbocycles. The molecular weight excluding hydrogens is 286 g/mol. The van der Waals surface area contributed by atoms with Gasteiger partial charge in [0.05, 0.1) is 6.61 Å². The number of fused-ring (bicyclic) bond motifs is 1. The summed E-state index contributed by atoms with van der Waals surface area (Å²) in [5, 5.41) is 2.42. The lowest BCUT2D eigenvalue weighted by Crippen LogP contribution is -2.22. The normalized spacial score (nSPS) is 10.6. The van der Waals surface area contributed by atoms with Crippen molar-refractivity contribution in [1.29, 1.82) is 0 Å². The molecule has 0 amide bonds. The fourth-order valence-electron chi connectivity index (χ4n) is 2.63. The Hall–Kier alpha value is -2.23. The van der Waals surface area contributed by atoms with Crippen molar-refractivity contribution in [2.45, 2.75) is 38.5 Å². The molecule has 0 heterocycles. The summed E-state index contributed by atoms with van der Waals surface area (Å²) in [4.78, 5) is 3.98. The minimum Gasteiger partial charge on any atom is -0.493 e. The average molecular weight is 313 g/mol. The lowest BCUT2D eigenvalue weighted by molar-refractivity contribution is 0.308. The summed E-state index contributed by atoms with van der Waals surface area (Å²) < 4.78 is 5.95. The second-order valence-electron chi connectivity index (χ2n) is 5.75. The minimum absolute atomic E-state index is 0.190. The zero-order valence-corrected chi connectivity index (χ0v) is 13.7. The van der Waals surface area contributed by atoms with Gasteiger partial charge < -0.3 is 16.2 Å². The number of benzene rings is 2. The molecule has 2 aromatic rings. The van der Waals surface area contributed by atoms with Crippen LogP contribution >= 0.6 is 0 Å². The zero-order chi connectivity index (χ0) is 16.3. The van der Waals surface area contributed by atoms with Crippen molar-refractivity contribution in [3.05, 3.63) is 42.5 Å². The molecular formula is C19H27N3O. The molecule has 0 radical (unpaired) electrons. The van der Waals surface area contributed by atoms with Crippen molar-refractivity contribution in [1.82, 2.24) is 0 Å². The van der Waals surface area contributed by atoms with E-state index in [-0.39, 0.29) is 5.96 Å². The van der Waals surface area contributed by atoms with Gasteiger partial charge in [-0.25, -0.2) is 0 Å². The molecule has 0 aromatic heterocycles. The Morgan fingerprint density at radius 1 is 0.826 bits per heavy atom. The lowest BCUT2D eigenvalue weighted by atomic mass is 10.1. The molecule has 2 rings (SSSR count). The molecule has 23 heavy (non-hydrogen) atoms. The summed E-state index contributed by atoms with van der Waals surface area (Å²) in [5.41, 5.74) is 10.6. The van der Waals surface area contributed by atoms with Crippen LogP contribution in [0.5, 0.6) is 5.75 Å². The van der Waals surface area contributed by atoms with E-state index < -0.39 is 0 Å². The molecule has 0 saturated carbocycles. The van der Waals surface area contributed by atoms with Crippen LogP contribution in [-0.2, 0) is 0 Å². The number of guanidine groups is 1. The minimum atomic E-state index is 0.190. The highest BCUT2D eigenvalue weighted by atomic mass is 16.5. The summed E-state index contributed by atoms with van der Waals surface area (Å²) in [7, 11) is 0. The van der Waals surface area contributed by atoms with Crippen molar-refractivity contribution in [3.8, 4) is 5.75 Å². The molecule has 0 fully saturated rings.